The molecule has 0 saturated carbocycles. The lowest BCUT2D eigenvalue weighted by molar-refractivity contribution is 1.42. The highest BCUT2D eigenvalue weighted by atomic mass is 35.5. The van der Waals surface area contributed by atoms with E-state index in [-0.39, 0.29) is 0 Å². The van der Waals surface area contributed by atoms with E-state index in [0.29, 0.717) is 15.3 Å². The molecule has 66 valence electrons. The molecule has 0 saturated heterocycles. The van der Waals surface area contributed by atoms with E-state index in [9.17, 15) is 0 Å². The van der Waals surface area contributed by atoms with Gasteiger partial charge in [0.05, 0.1) is 5.21 Å². The lowest BCUT2D eigenvalue weighted by Crippen LogP contribution is -1.81. The summed E-state index contributed by atoms with van der Waals surface area (Å²) in [7, 11) is 0. The van der Waals surface area contributed by atoms with Crippen molar-refractivity contribution in [1.29, 1.82) is 0 Å². The fourth-order valence-corrected chi connectivity index (χ4v) is 2.12. The summed E-state index contributed by atoms with van der Waals surface area (Å²) in [6, 6.07) is 5.50. The van der Waals surface area contributed by atoms with E-state index in [4.69, 9.17) is 34.8 Å². The van der Waals surface area contributed by atoms with Gasteiger partial charge >= 0.3 is 0 Å². The van der Waals surface area contributed by atoms with Crippen LogP contribution in [0.2, 0.25) is 10.0 Å². The monoisotopic (exact) mass is 240 g/mol. The summed E-state index contributed by atoms with van der Waals surface area (Å²) in [6.45, 7) is 0. The fraction of sp³-hybridized carbons (Fsp3) is 0.250. The summed E-state index contributed by atoms with van der Waals surface area (Å²) in [4.78, 5) is 0. The molecule has 0 aromatic heterocycles. The Kier molecular flexibility index (Phi) is 4.59. The number of hydrogen-bond donors (Lipinski definition) is 0. The largest absolute Gasteiger partial charge is 0.141 e. The van der Waals surface area contributed by atoms with Crippen molar-refractivity contribution in [3.63, 3.8) is 0 Å². The predicted octanol–water partition coefficient (Wildman–Crippen LogP) is 4.42. The maximum Gasteiger partial charge on any atom is 0.0683 e. The van der Waals surface area contributed by atoms with Crippen molar-refractivity contribution in [3.8, 4) is 0 Å². The van der Waals surface area contributed by atoms with Crippen LogP contribution in [0.5, 0.6) is 0 Å². The zero-order valence-electron chi connectivity index (χ0n) is 6.19. The van der Waals surface area contributed by atoms with Crippen LogP contribution in [-0.4, -0.2) is 5.21 Å². The summed E-state index contributed by atoms with van der Waals surface area (Å²) in [6.07, 6.45) is 0. The summed E-state index contributed by atoms with van der Waals surface area (Å²) in [5.41, 5.74) is 1.08. The van der Waals surface area contributed by atoms with E-state index in [1.807, 2.05) is 12.1 Å². The number of rotatable bonds is 3. The van der Waals surface area contributed by atoms with Crippen LogP contribution in [-0.2, 0) is 5.75 Å². The molecular formula is C8H7Cl3S. The Morgan fingerprint density at radius 3 is 2.58 bits per heavy atom. The van der Waals surface area contributed by atoms with Gasteiger partial charge in [-0.1, -0.05) is 29.3 Å². The zero-order chi connectivity index (χ0) is 8.97. The van der Waals surface area contributed by atoms with Crippen molar-refractivity contribution in [2.24, 2.45) is 0 Å². The fourth-order valence-electron chi connectivity index (χ4n) is 0.787. The highest BCUT2D eigenvalue weighted by Gasteiger charge is 2.00. The van der Waals surface area contributed by atoms with Crippen molar-refractivity contribution < 1.29 is 0 Å². The van der Waals surface area contributed by atoms with Crippen LogP contribution < -0.4 is 0 Å². The third-order valence-electron chi connectivity index (χ3n) is 1.35. The first-order valence-electron chi connectivity index (χ1n) is 3.31. The molecule has 12 heavy (non-hydrogen) atoms. The van der Waals surface area contributed by atoms with Crippen LogP contribution in [0.25, 0.3) is 0 Å². The van der Waals surface area contributed by atoms with E-state index in [2.05, 4.69) is 0 Å². The molecule has 0 N–H and O–H groups in total. The first-order valence-corrected chi connectivity index (χ1v) is 5.76. The highest BCUT2D eigenvalue weighted by Crippen LogP contribution is 2.24. The molecule has 0 aliphatic heterocycles. The second kappa shape index (κ2) is 5.23. The summed E-state index contributed by atoms with van der Waals surface area (Å²) in [5.74, 6) is 0.833. The Bertz CT molecular complexity index is 262. The van der Waals surface area contributed by atoms with E-state index in [0.717, 1.165) is 11.3 Å². The summed E-state index contributed by atoms with van der Waals surface area (Å²) >= 11 is 18.8. The molecule has 0 atom stereocenters. The molecule has 0 unspecified atom stereocenters. The summed E-state index contributed by atoms with van der Waals surface area (Å²) < 4.78 is 0. The Morgan fingerprint density at radius 2 is 2.00 bits per heavy atom. The average Bonchev–Trinajstić information content (AvgIpc) is 2.03. The molecule has 4 heteroatoms. The average molecular weight is 242 g/mol. The van der Waals surface area contributed by atoms with Crippen molar-refractivity contribution in [3.05, 3.63) is 33.8 Å². The lowest BCUT2D eigenvalue weighted by atomic mass is 10.2. The smallest absolute Gasteiger partial charge is 0.0683 e. The molecule has 0 bridgehead atoms. The molecule has 0 aliphatic carbocycles. The van der Waals surface area contributed by atoms with Gasteiger partial charge in [-0.2, -0.15) is 0 Å². The number of thioether (sulfide) groups is 1. The summed E-state index contributed by atoms with van der Waals surface area (Å²) in [5, 5.41) is 1.96. The molecule has 0 amide bonds. The Balaban J connectivity index is 2.72. The van der Waals surface area contributed by atoms with Crippen LogP contribution in [0.15, 0.2) is 18.2 Å². The molecule has 1 rings (SSSR count). The van der Waals surface area contributed by atoms with Crippen LogP contribution in [0.3, 0.4) is 0 Å². The van der Waals surface area contributed by atoms with Gasteiger partial charge in [-0.25, -0.2) is 0 Å². The molecule has 0 aliphatic rings. The second-order valence-corrected chi connectivity index (χ2v) is 4.61. The zero-order valence-corrected chi connectivity index (χ0v) is 9.27. The number of hydrogen-bond acceptors (Lipinski definition) is 1. The van der Waals surface area contributed by atoms with Gasteiger partial charge in [-0.05, 0) is 17.7 Å². The van der Waals surface area contributed by atoms with Gasteiger partial charge in [-0.15, -0.1) is 23.4 Å². The maximum atomic E-state index is 5.92. The third-order valence-corrected chi connectivity index (χ3v) is 3.07. The first kappa shape index (κ1) is 10.5. The van der Waals surface area contributed by atoms with Crippen molar-refractivity contribution in [1.82, 2.24) is 0 Å². The maximum absolute atomic E-state index is 5.92. The van der Waals surface area contributed by atoms with Crippen LogP contribution >= 0.6 is 46.6 Å². The van der Waals surface area contributed by atoms with Gasteiger partial charge in [0, 0.05) is 15.8 Å². The number of benzene rings is 1. The molecule has 0 nitrogen and oxygen atoms in total. The topological polar surface area (TPSA) is 0 Å². The minimum atomic E-state index is 0.582. The van der Waals surface area contributed by atoms with E-state index in [1.54, 1.807) is 17.8 Å². The van der Waals surface area contributed by atoms with Gasteiger partial charge in [-0.3, -0.25) is 0 Å². The van der Waals surface area contributed by atoms with E-state index < -0.39 is 0 Å². The molecule has 1 aromatic carbocycles. The second-order valence-electron chi connectivity index (χ2n) is 2.19. The van der Waals surface area contributed by atoms with Gasteiger partial charge in [0.1, 0.15) is 0 Å². The highest BCUT2D eigenvalue weighted by molar-refractivity contribution is 7.99. The standard InChI is InChI=1S/C8H7Cl3S/c9-5-12-4-6-1-2-7(10)3-8(6)11/h1-3H,4-5H2. The first-order chi connectivity index (χ1) is 5.74. The molecule has 0 heterocycles. The molecule has 0 radical (unpaired) electrons. The van der Waals surface area contributed by atoms with Crippen LogP contribution in [0.4, 0.5) is 0 Å². The molecule has 0 spiro atoms. The molecule has 1 aromatic rings. The van der Waals surface area contributed by atoms with Crippen LogP contribution in [0.1, 0.15) is 5.56 Å². The Labute approximate surface area is 91.2 Å². The minimum absolute atomic E-state index is 0.582. The van der Waals surface area contributed by atoms with Crippen LogP contribution in [0, 0.1) is 0 Å². The Hall–Kier alpha value is 0.440. The van der Waals surface area contributed by atoms with Gasteiger partial charge in [0.2, 0.25) is 0 Å². The number of alkyl halides is 1. The van der Waals surface area contributed by atoms with Crippen molar-refractivity contribution in [2.45, 2.75) is 5.75 Å². The van der Waals surface area contributed by atoms with Gasteiger partial charge in [0.15, 0.2) is 0 Å². The molecular weight excluding hydrogens is 235 g/mol. The van der Waals surface area contributed by atoms with E-state index in [1.165, 1.54) is 0 Å². The Morgan fingerprint density at radius 1 is 1.25 bits per heavy atom. The quantitative estimate of drug-likeness (QED) is 0.706. The third kappa shape index (κ3) is 3.06. The number of halogens is 3. The van der Waals surface area contributed by atoms with Gasteiger partial charge < -0.3 is 0 Å². The SMILES string of the molecule is ClCSCc1ccc(Cl)cc1Cl. The molecule has 0 fully saturated rings. The van der Waals surface area contributed by atoms with Crippen molar-refractivity contribution in [2.75, 3.05) is 5.21 Å². The predicted molar refractivity (Wildman–Crippen MR) is 58.5 cm³/mol. The minimum Gasteiger partial charge on any atom is -0.141 e. The van der Waals surface area contributed by atoms with E-state index >= 15 is 0 Å². The normalized spacial score (nSPS) is 10.2. The lowest BCUT2D eigenvalue weighted by Gasteiger charge is -2.02. The van der Waals surface area contributed by atoms with Crippen molar-refractivity contribution >= 4 is 46.6 Å². The van der Waals surface area contributed by atoms with Gasteiger partial charge in [0.25, 0.3) is 0 Å².